The highest BCUT2D eigenvalue weighted by Gasteiger charge is 2.36. The first kappa shape index (κ1) is 17.2. The van der Waals surface area contributed by atoms with Crippen molar-refractivity contribution in [2.75, 3.05) is 0 Å². The van der Waals surface area contributed by atoms with Gasteiger partial charge in [-0.25, -0.2) is 4.98 Å². The van der Waals surface area contributed by atoms with Crippen molar-refractivity contribution < 1.29 is 4.79 Å². The summed E-state index contributed by atoms with van der Waals surface area (Å²) in [5.41, 5.74) is 2.48. The molecule has 4 rings (SSSR count). The van der Waals surface area contributed by atoms with Gasteiger partial charge in [-0.3, -0.25) is 14.2 Å². The van der Waals surface area contributed by atoms with Crippen molar-refractivity contribution in [3.8, 4) is 22.6 Å². The van der Waals surface area contributed by atoms with Gasteiger partial charge < -0.3 is 5.32 Å². The number of nitrogens with zero attached hydrogens (tertiary/aromatic N) is 2. The van der Waals surface area contributed by atoms with Crippen molar-refractivity contribution in [1.82, 2.24) is 14.9 Å². The quantitative estimate of drug-likeness (QED) is 0.763. The highest BCUT2D eigenvalue weighted by atomic mass is 16.2. The SMILES string of the molecule is CC(C)(C)NC(=O)C1c2ccccc2-c2nc(-c3ccccc3)cc(=O)n21. The molecule has 0 saturated carbocycles. The van der Waals surface area contributed by atoms with Gasteiger partial charge in [0.05, 0.1) is 5.69 Å². The van der Waals surface area contributed by atoms with E-state index in [1.807, 2.05) is 75.4 Å². The Morgan fingerprint density at radius 2 is 1.70 bits per heavy atom. The average Bonchev–Trinajstić information content (AvgIpc) is 2.96. The van der Waals surface area contributed by atoms with E-state index < -0.39 is 11.6 Å². The standard InChI is InChI=1S/C22H21N3O2/c1-22(2,3)24-21(27)19-15-11-7-8-12-16(15)20-23-17(13-18(26)25(19)20)14-9-5-4-6-10-14/h4-13,19H,1-3H3,(H,24,27). The largest absolute Gasteiger partial charge is 0.349 e. The van der Waals surface area contributed by atoms with Crippen LogP contribution in [0.5, 0.6) is 0 Å². The maximum absolute atomic E-state index is 13.0. The lowest BCUT2D eigenvalue weighted by Crippen LogP contribution is -2.45. The van der Waals surface area contributed by atoms with Gasteiger partial charge >= 0.3 is 0 Å². The Morgan fingerprint density at radius 1 is 1.04 bits per heavy atom. The zero-order valence-electron chi connectivity index (χ0n) is 15.6. The molecule has 2 aromatic carbocycles. The van der Waals surface area contributed by atoms with Crippen LogP contribution >= 0.6 is 0 Å². The minimum atomic E-state index is -0.708. The maximum atomic E-state index is 13.0. The number of amides is 1. The Balaban J connectivity index is 1.91. The molecule has 5 nitrogen and oxygen atoms in total. The lowest BCUT2D eigenvalue weighted by molar-refractivity contribution is -0.124. The number of aromatic nitrogens is 2. The number of fused-ring (bicyclic) bond motifs is 3. The third-order valence-corrected chi connectivity index (χ3v) is 4.52. The zero-order valence-corrected chi connectivity index (χ0v) is 15.6. The van der Waals surface area contributed by atoms with E-state index in [2.05, 4.69) is 5.32 Å². The molecule has 136 valence electrons. The first-order valence-electron chi connectivity index (χ1n) is 8.95. The summed E-state index contributed by atoms with van der Waals surface area (Å²) in [5.74, 6) is 0.330. The second-order valence-electron chi connectivity index (χ2n) is 7.77. The van der Waals surface area contributed by atoms with Crippen LogP contribution in [0.2, 0.25) is 0 Å². The fourth-order valence-corrected chi connectivity index (χ4v) is 3.46. The van der Waals surface area contributed by atoms with E-state index in [1.165, 1.54) is 10.6 Å². The van der Waals surface area contributed by atoms with Crippen LogP contribution < -0.4 is 10.9 Å². The summed E-state index contributed by atoms with van der Waals surface area (Å²) in [7, 11) is 0. The Kier molecular flexibility index (Phi) is 3.95. The van der Waals surface area contributed by atoms with E-state index in [9.17, 15) is 9.59 Å². The molecule has 1 aliphatic rings. The number of benzene rings is 2. The summed E-state index contributed by atoms with van der Waals surface area (Å²) in [6.07, 6.45) is 0. The fraction of sp³-hybridized carbons (Fsp3) is 0.227. The summed E-state index contributed by atoms with van der Waals surface area (Å²) >= 11 is 0. The third kappa shape index (κ3) is 3.05. The van der Waals surface area contributed by atoms with Crippen LogP contribution in [0, 0.1) is 0 Å². The number of rotatable bonds is 2. The van der Waals surface area contributed by atoms with Crippen LogP contribution in [0.3, 0.4) is 0 Å². The number of carbonyl (C=O) groups excluding carboxylic acids is 1. The molecule has 1 atom stereocenters. The first-order valence-corrected chi connectivity index (χ1v) is 8.95. The Bertz CT molecular complexity index is 1080. The molecule has 0 radical (unpaired) electrons. The first-order chi connectivity index (χ1) is 12.8. The number of carbonyl (C=O) groups is 1. The molecule has 1 unspecified atom stereocenters. The highest BCUT2D eigenvalue weighted by molar-refractivity contribution is 5.89. The van der Waals surface area contributed by atoms with Crippen LogP contribution in [0.4, 0.5) is 0 Å². The second-order valence-corrected chi connectivity index (χ2v) is 7.77. The summed E-state index contributed by atoms with van der Waals surface area (Å²) in [5, 5.41) is 2.99. The number of hydrogen-bond acceptors (Lipinski definition) is 3. The molecule has 0 saturated heterocycles. The van der Waals surface area contributed by atoms with Gasteiger partial charge in [0.25, 0.3) is 5.56 Å². The molecule has 1 N–H and O–H groups in total. The van der Waals surface area contributed by atoms with Crippen molar-refractivity contribution in [3.05, 3.63) is 76.6 Å². The van der Waals surface area contributed by atoms with Crippen molar-refractivity contribution in [1.29, 1.82) is 0 Å². The van der Waals surface area contributed by atoms with Crippen LogP contribution in [-0.4, -0.2) is 21.0 Å². The van der Waals surface area contributed by atoms with E-state index in [0.717, 1.165) is 16.7 Å². The molecule has 2 heterocycles. The van der Waals surface area contributed by atoms with Crippen LogP contribution in [0.15, 0.2) is 65.5 Å². The van der Waals surface area contributed by atoms with E-state index in [4.69, 9.17) is 4.98 Å². The van der Waals surface area contributed by atoms with E-state index >= 15 is 0 Å². The number of hydrogen-bond donors (Lipinski definition) is 1. The minimum absolute atomic E-state index is 0.204. The van der Waals surface area contributed by atoms with E-state index in [0.29, 0.717) is 11.5 Å². The zero-order chi connectivity index (χ0) is 19.2. The van der Waals surface area contributed by atoms with Crippen LogP contribution in [-0.2, 0) is 4.79 Å². The molecular weight excluding hydrogens is 338 g/mol. The number of nitrogens with one attached hydrogen (secondary N) is 1. The van der Waals surface area contributed by atoms with Crippen molar-refractivity contribution >= 4 is 5.91 Å². The summed E-state index contributed by atoms with van der Waals surface area (Å²) in [6, 6.07) is 18.0. The van der Waals surface area contributed by atoms with Gasteiger partial charge in [0, 0.05) is 22.7 Å². The van der Waals surface area contributed by atoms with Gasteiger partial charge in [0.2, 0.25) is 5.91 Å². The fourth-order valence-electron chi connectivity index (χ4n) is 3.46. The Labute approximate surface area is 157 Å². The van der Waals surface area contributed by atoms with Crippen LogP contribution in [0.1, 0.15) is 32.4 Å². The van der Waals surface area contributed by atoms with Gasteiger partial charge in [0.1, 0.15) is 11.9 Å². The molecule has 1 aliphatic heterocycles. The molecule has 0 bridgehead atoms. The van der Waals surface area contributed by atoms with Crippen molar-refractivity contribution in [2.24, 2.45) is 0 Å². The molecule has 0 spiro atoms. The summed E-state index contributed by atoms with van der Waals surface area (Å²) in [6.45, 7) is 5.77. The lowest BCUT2D eigenvalue weighted by atomic mass is 10.0. The monoisotopic (exact) mass is 359 g/mol. The van der Waals surface area contributed by atoms with E-state index in [-0.39, 0.29) is 11.5 Å². The predicted molar refractivity (Wildman–Crippen MR) is 105 cm³/mol. The summed E-state index contributed by atoms with van der Waals surface area (Å²) in [4.78, 5) is 30.7. The molecule has 0 fully saturated rings. The molecule has 0 aliphatic carbocycles. The Hall–Kier alpha value is -3.21. The van der Waals surface area contributed by atoms with Crippen LogP contribution in [0.25, 0.3) is 22.6 Å². The molecule has 1 aromatic heterocycles. The molecule has 1 amide bonds. The van der Waals surface area contributed by atoms with Crippen molar-refractivity contribution in [3.63, 3.8) is 0 Å². The average molecular weight is 359 g/mol. The lowest BCUT2D eigenvalue weighted by Gasteiger charge is -2.24. The van der Waals surface area contributed by atoms with Gasteiger partial charge in [-0.1, -0.05) is 54.6 Å². The maximum Gasteiger partial charge on any atom is 0.255 e. The summed E-state index contributed by atoms with van der Waals surface area (Å²) < 4.78 is 1.50. The molecule has 5 heteroatoms. The topological polar surface area (TPSA) is 64.0 Å². The van der Waals surface area contributed by atoms with E-state index in [1.54, 1.807) is 0 Å². The van der Waals surface area contributed by atoms with Crippen molar-refractivity contribution in [2.45, 2.75) is 32.4 Å². The predicted octanol–water partition coefficient (Wildman–Crippen LogP) is 3.39. The molecular formula is C22H21N3O2. The van der Waals surface area contributed by atoms with Gasteiger partial charge in [-0.15, -0.1) is 0 Å². The highest BCUT2D eigenvalue weighted by Crippen LogP contribution is 2.38. The van der Waals surface area contributed by atoms with Gasteiger partial charge in [-0.05, 0) is 26.3 Å². The molecule has 3 aromatic rings. The third-order valence-electron chi connectivity index (χ3n) is 4.52. The Morgan fingerprint density at radius 3 is 2.41 bits per heavy atom. The smallest absolute Gasteiger partial charge is 0.255 e. The van der Waals surface area contributed by atoms with Gasteiger partial charge in [0.15, 0.2) is 0 Å². The second kappa shape index (κ2) is 6.20. The van der Waals surface area contributed by atoms with Gasteiger partial charge in [-0.2, -0.15) is 0 Å². The molecule has 27 heavy (non-hydrogen) atoms. The minimum Gasteiger partial charge on any atom is -0.349 e. The normalized spacial score (nSPS) is 15.1.